The van der Waals surface area contributed by atoms with Crippen LogP contribution in [0.1, 0.15) is 163 Å². The van der Waals surface area contributed by atoms with Gasteiger partial charge in [-0.25, -0.2) is 0 Å². The molecule has 39 heavy (non-hydrogen) atoms. The van der Waals surface area contributed by atoms with Crippen molar-refractivity contribution in [2.75, 3.05) is 13.2 Å². The number of hydrogen-bond acceptors (Lipinski definition) is 5. The number of aliphatic hydroxyl groups excluding tert-OH is 2. The highest BCUT2D eigenvalue weighted by Crippen LogP contribution is 2.10. The minimum Gasteiger partial charge on any atom is -0.481 e. The highest BCUT2D eigenvalue weighted by molar-refractivity contribution is 5.67. The molecule has 0 aliphatic rings. The molecule has 0 aromatic heterocycles. The van der Waals surface area contributed by atoms with Crippen molar-refractivity contribution in [2.45, 2.75) is 163 Å². The molecule has 8 heteroatoms. The van der Waals surface area contributed by atoms with Crippen LogP contribution >= 0.6 is 0 Å². The van der Waals surface area contributed by atoms with Crippen LogP contribution < -0.4 is 0 Å². The number of aliphatic carboxylic acids is 3. The highest BCUT2D eigenvalue weighted by Gasteiger charge is 2.13. The second-order valence-corrected chi connectivity index (χ2v) is 10.9. The summed E-state index contributed by atoms with van der Waals surface area (Å²) in [4.78, 5) is 30.2. The quantitative estimate of drug-likeness (QED) is 0.0827. The molecule has 0 rings (SSSR count). The van der Waals surface area contributed by atoms with Crippen LogP contribution in [0, 0.1) is 5.41 Å². The fraction of sp³-hybridized carbons (Fsp3) is 0.903. The Morgan fingerprint density at radius 3 is 0.821 bits per heavy atom. The molecule has 0 heterocycles. The maximum absolute atomic E-state index is 10.1. The van der Waals surface area contributed by atoms with Gasteiger partial charge in [0.2, 0.25) is 0 Å². The van der Waals surface area contributed by atoms with Gasteiger partial charge in [-0.3, -0.25) is 14.4 Å². The first kappa shape index (κ1) is 44.4. The van der Waals surface area contributed by atoms with Crippen LogP contribution in [0.5, 0.6) is 0 Å². The van der Waals surface area contributed by atoms with Crippen LogP contribution in [0.3, 0.4) is 0 Å². The molecule has 5 N–H and O–H groups in total. The van der Waals surface area contributed by atoms with Crippen LogP contribution in [-0.4, -0.2) is 56.7 Å². The molecule has 0 aromatic rings. The van der Waals surface area contributed by atoms with E-state index in [1.165, 1.54) is 64.2 Å². The predicted octanol–water partition coefficient (Wildman–Crippen LogP) is 8.07. The third kappa shape index (κ3) is 57.3. The molecule has 0 amide bonds. The number of aliphatic hydroxyl groups is 2. The minimum atomic E-state index is -0.675. The molecule has 236 valence electrons. The Hall–Kier alpha value is -1.67. The monoisotopic (exact) mass is 564 g/mol. The average molecular weight is 565 g/mol. The molecule has 0 fully saturated rings. The van der Waals surface area contributed by atoms with Crippen LogP contribution in [0.15, 0.2) is 0 Å². The van der Waals surface area contributed by atoms with E-state index in [1.807, 2.05) is 0 Å². The van der Waals surface area contributed by atoms with Crippen molar-refractivity contribution in [1.29, 1.82) is 0 Å². The Kier molecular flexibility index (Phi) is 41.3. The van der Waals surface area contributed by atoms with Crippen LogP contribution in [0.25, 0.3) is 0 Å². The molecule has 0 radical (unpaired) electrons. The van der Waals surface area contributed by atoms with Gasteiger partial charge in [0, 0.05) is 24.7 Å². The van der Waals surface area contributed by atoms with Gasteiger partial charge in [-0.2, -0.15) is 0 Å². The summed E-state index contributed by atoms with van der Waals surface area (Å²) in [6.45, 7) is 10.2. The normalized spacial score (nSPS) is 10.2. The summed E-state index contributed by atoms with van der Waals surface area (Å²) in [5.74, 6) is -2.00. The summed E-state index contributed by atoms with van der Waals surface area (Å²) < 4.78 is 0. The molecule has 0 spiro atoms. The fourth-order valence-electron chi connectivity index (χ4n) is 3.04. The van der Waals surface area contributed by atoms with Crippen molar-refractivity contribution >= 4 is 17.9 Å². The third-order valence-corrected chi connectivity index (χ3v) is 5.84. The lowest BCUT2D eigenvalue weighted by molar-refractivity contribution is -0.138. The molecular formula is C31H64O8. The van der Waals surface area contributed by atoms with Gasteiger partial charge in [-0.15, -0.1) is 0 Å². The van der Waals surface area contributed by atoms with Gasteiger partial charge in [-0.1, -0.05) is 125 Å². The summed E-state index contributed by atoms with van der Waals surface area (Å²) in [6.07, 6.45) is 20.4. The Morgan fingerprint density at radius 1 is 0.436 bits per heavy atom. The lowest BCUT2D eigenvalue weighted by Gasteiger charge is -2.16. The molecule has 0 aliphatic carbocycles. The minimum absolute atomic E-state index is 0.0451. The maximum atomic E-state index is 10.1. The highest BCUT2D eigenvalue weighted by atomic mass is 16.4. The Balaban J connectivity index is -0.000000213. The zero-order valence-corrected chi connectivity index (χ0v) is 26.0. The Morgan fingerprint density at radius 2 is 0.641 bits per heavy atom. The standard InChI is InChI=1S/C10H20O2.C9H18O2.C7H14O2.C5H12O2/c1-2-3-4-5-6-7-8-9-10(11)12;1-2-3-4-5-6-7-8-9(10)11;1-2-3-4-5-6-7(8)9;1-5(2,3-6)4-7/h2-9H2,1H3,(H,11,12);2-8H2,1H3,(H,10,11);2-6H2,1H3,(H,8,9);6-7H,3-4H2,1-2H3. The van der Waals surface area contributed by atoms with E-state index >= 15 is 0 Å². The van der Waals surface area contributed by atoms with E-state index in [-0.39, 0.29) is 18.6 Å². The summed E-state index contributed by atoms with van der Waals surface area (Å²) in [6, 6.07) is 0. The van der Waals surface area contributed by atoms with Gasteiger partial charge in [0.05, 0.1) is 13.2 Å². The molecular weight excluding hydrogens is 500 g/mol. The van der Waals surface area contributed by atoms with Gasteiger partial charge < -0.3 is 25.5 Å². The SMILES string of the molecule is CC(C)(CO)CO.CCCCCCC(=O)O.CCCCCCCCC(=O)O.CCCCCCCCCC(=O)O. The van der Waals surface area contributed by atoms with Gasteiger partial charge in [0.1, 0.15) is 0 Å². The topological polar surface area (TPSA) is 152 Å². The Labute approximate surface area is 239 Å². The van der Waals surface area contributed by atoms with E-state index in [0.717, 1.165) is 44.9 Å². The molecule has 0 aliphatic heterocycles. The first-order valence-corrected chi connectivity index (χ1v) is 15.3. The van der Waals surface area contributed by atoms with E-state index in [1.54, 1.807) is 13.8 Å². The van der Waals surface area contributed by atoms with Crippen LogP contribution in [0.4, 0.5) is 0 Å². The van der Waals surface area contributed by atoms with Crippen molar-refractivity contribution in [3.63, 3.8) is 0 Å². The molecule has 0 aromatic carbocycles. The number of unbranched alkanes of at least 4 members (excludes halogenated alkanes) is 14. The first-order chi connectivity index (χ1) is 18.4. The van der Waals surface area contributed by atoms with Crippen molar-refractivity contribution in [1.82, 2.24) is 0 Å². The van der Waals surface area contributed by atoms with E-state index in [0.29, 0.717) is 19.3 Å². The summed E-state index contributed by atoms with van der Waals surface area (Å²) >= 11 is 0. The molecule has 0 bridgehead atoms. The van der Waals surface area contributed by atoms with Gasteiger partial charge in [-0.05, 0) is 19.3 Å². The number of hydrogen-bond donors (Lipinski definition) is 5. The number of carboxylic acid groups (broad SMARTS) is 3. The molecule has 0 unspecified atom stereocenters. The smallest absolute Gasteiger partial charge is 0.303 e. The second-order valence-electron chi connectivity index (χ2n) is 10.9. The lowest BCUT2D eigenvalue weighted by Crippen LogP contribution is -2.20. The number of carboxylic acids is 3. The zero-order chi connectivity index (χ0) is 30.8. The van der Waals surface area contributed by atoms with Gasteiger partial charge in [0.15, 0.2) is 0 Å². The van der Waals surface area contributed by atoms with Gasteiger partial charge >= 0.3 is 17.9 Å². The second kappa shape index (κ2) is 36.3. The van der Waals surface area contributed by atoms with E-state index in [4.69, 9.17) is 25.5 Å². The van der Waals surface area contributed by atoms with E-state index in [2.05, 4.69) is 20.8 Å². The van der Waals surface area contributed by atoms with Crippen LogP contribution in [0.2, 0.25) is 0 Å². The first-order valence-electron chi connectivity index (χ1n) is 15.3. The van der Waals surface area contributed by atoms with E-state index in [9.17, 15) is 14.4 Å². The molecule has 8 nitrogen and oxygen atoms in total. The Bertz CT molecular complexity index is 515. The van der Waals surface area contributed by atoms with Crippen molar-refractivity contribution in [3.8, 4) is 0 Å². The van der Waals surface area contributed by atoms with Gasteiger partial charge in [0.25, 0.3) is 0 Å². The summed E-state index contributed by atoms with van der Waals surface area (Å²) in [5, 5.41) is 41.8. The number of rotatable bonds is 22. The van der Waals surface area contributed by atoms with Crippen LogP contribution in [-0.2, 0) is 14.4 Å². The number of carbonyl (C=O) groups is 3. The average Bonchev–Trinajstić information content (AvgIpc) is 2.89. The zero-order valence-electron chi connectivity index (χ0n) is 26.0. The van der Waals surface area contributed by atoms with Crippen molar-refractivity contribution < 1.29 is 39.9 Å². The predicted molar refractivity (Wildman–Crippen MR) is 160 cm³/mol. The summed E-state index contributed by atoms with van der Waals surface area (Å²) in [5.41, 5.74) is -0.306. The maximum Gasteiger partial charge on any atom is 0.303 e. The fourth-order valence-corrected chi connectivity index (χ4v) is 3.04. The summed E-state index contributed by atoms with van der Waals surface area (Å²) in [7, 11) is 0. The largest absolute Gasteiger partial charge is 0.481 e. The molecule has 0 atom stereocenters. The third-order valence-electron chi connectivity index (χ3n) is 5.84. The molecule has 0 saturated carbocycles. The molecule has 0 saturated heterocycles. The van der Waals surface area contributed by atoms with Crippen molar-refractivity contribution in [2.24, 2.45) is 5.41 Å². The van der Waals surface area contributed by atoms with Crippen molar-refractivity contribution in [3.05, 3.63) is 0 Å². The lowest BCUT2D eigenvalue weighted by atomic mass is 9.97. The van der Waals surface area contributed by atoms with E-state index < -0.39 is 17.9 Å².